The molecule has 16 heavy (non-hydrogen) atoms. The van der Waals surface area contributed by atoms with E-state index in [0.717, 1.165) is 12.5 Å². The number of unbranched alkanes of at least 4 members (excludes halogenated alkanes) is 4. The Balaban J connectivity index is 3.52. The van der Waals surface area contributed by atoms with Gasteiger partial charge < -0.3 is 10.2 Å². The second-order valence-electron chi connectivity index (χ2n) is 5.48. The molecule has 0 aliphatic heterocycles. The Kier molecular flexibility index (Phi) is 10.0. The molecule has 1 N–H and O–H groups in total. The number of nitrogens with zero attached hydrogens (tertiary/aromatic N) is 1. The molecule has 0 radical (unpaired) electrons. The van der Waals surface area contributed by atoms with E-state index in [1.807, 2.05) is 0 Å². The van der Waals surface area contributed by atoms with Gasteiger partial charge in [-0.2, -0.15) is 0 Å². The molecular weight excluding hydrogens is 196 g/mol. The molecule has 0 aromatic rings. The lowest BCUT2D eigenvalue weighted by Crippen LogP contribution is -2.42. The minimum absolute atomic E-state index is 0.640. The summed E-state index contributed by atoms with van der Waals surface area (Å²) in [6.45, 7) is 9.20. The number of hydrogen-bond donors (Lipinski definition) is 1. The molecule has 0 amide bonds. The number of hydrogen-bond acceptors (Lipinski definition) is 2. The Morgan fingerprint density at radius 3 is 2.12 bits per heavy atom. The molecule has 1 unspecified atom stereocenters. The van der Waals surface area contributed by atoms with Gasteiger partial charge in [0.25, 0.3) is 0 Å². The van der Waals surface area contributed by atoms with Crippen LogP contribution in [0.2, 0.25) is 0 Å². The first-order chi connectivity index (χ1) is 7.57. The molecule has 0 rings (SSSR count). The predicted molar refractivity (Wildman–Crippen MR) is 73.9 cm³/mol. The van der Waals surface area contributed by atoms with E-state index in [4.69, 9.17) is 0 Å². The molecule has 0 heterocycles. The lowest BCUT2D eigenvalue weighted by Gasteiger charge is -2.25. The quantitative estimate of drug-likeness (QED) is 0.578. The third-order valence-corrected chi connectivity index (χ3v) is 3.05. The summed E-state index contributed by atoms with van der Waals surface area (Å²) in [4.78, 5) is 2.27. The van der Waals surface area contributed by atoms with E-state index in [-0.39, 0.29) is 0 Å². The van der Waals surface area contributed by atoms with Crippen LogP contribution in [0.4, 0.5) is 0 Å². The van der Waals surface area contributed by atoms with Crippen molar-refractivity contribution in [2.24, 2.45) is 5.92 Å². The average molecular weight is 228 g/mol. The van der Waals surface area contributed by atoms with E-state index >= 15 is 0 Å². The second-order valence-corrected chi connectivity index (χ2v) is 5.48. The highest BCUT2D eigenvalue weighted by Crippen LogP contribution is 2.05. The fourth-order valence-corrected chi connectivity index (χ4v) is 1.92. The standard InChI is InChI=1S/C14H32N2/c1-6-7-8-9-10-11-15-14(13(2)3)12-16(4)5/h13-15H,6-12H2,1-5H3. The predicted octanol–water partition coefficient (Wildman–Crippen LogP) is 3.13. The first-order valence-corrected chi connectivity index (χ1v) is 6.96. The summed E-state index contributed by atoms with van der Waals surface area (Å²) in [7, 11) is 4.30. The third-order valence-electron chi connectivity index (χ3n) is 3.05. The topological polar surface area (TPSA) is 15.3 Å². The van der Waals surface area contributed by atoms with Crippen molar-refractivity contribution >= 4 is 0 Å². The van der Waals surface area contributed by atoms with Crippen LogP contribution in [-0.4, -0.2) is 38.1 Å². The zero-order chi connectivity index (χ0) is 12.4. The highest BCUT2D eigenvalue weighted by Gasteiger charge is 2.12. The first kappa shape index (κ1) is 15.9. The molecule has 1 atom stereocenters. The van der Waals surface area contributed by atoms with Crippen LogP contribution < -0.4 is 5.32 Å². The maximum absolute atomic E-state index is 3.69. The van der Waals surface area contributed by atoms with Crippen LogP contribution in [0.3, 0.4) is 0 Å². The normalized spacial score (nSPS) is 13.7. The summed E-state index contributed by atoms with van der Waals surface area (Å²) in [5, 5.41) is 3.69. The Bertz CT molecular complexity index is 144. The van der Waals surface area contributed by atoms with Crippen molar-refractivity contribution in [2.75, 3.05) is 27.2 Å². The van der Waals surface area contributed by atoms with Gasteiger partial charge in [0, 0.05) is 12.6 Å². The Morgan fingerprint density at radius 1 is 1.00 bits per heavy atom. The Hall–Kier alpha value is -0.0800. The average Bonchev–Trinajstić information content (AvgIpc) is 2.20. The van der Waals surface area contributed by atoms with Gasteiger partial charge in [-0.1, -0.05) is 46.5 Å². The molecule has 2 nitrogen and oxygen atoms in total. The van der Waals surface area contributed by atoms with Gasteiger partial charge >= 0.3 is 0 Å². The third kappa shape index (κ3) is 9.17. The van der Waals surface area contributed by atoms with Crippen LogP contribution in [0.25, 0.3) is 0 Å². The van der Waals surface area contributed by atoms with Crippen LogP contribution in [0.1, 0.15) is 52.9 Å². The van der Waals surface area contributed by atoms with Crippen LogP contribution in [0.15, 0.2) is 0 Å². The summed E-state index contributed by atoms with van der Waals surface area (Å²) < 4.78 is 0. The second kappa shape index (κ2) is 10.1. The zero-order valence-electron chi connectivity index (χ0n) is 12.1. The van der Waals surface area contributed by atoms with Crippen molar-refractivity contribution in [3.63, 3.8) is 0 Å². The molecule has 0 aliphatic rings. The molecule has 98 valence electrons. The smallest absolute Gasteiger partial charge is 0.0217 e. The fraction of sp³-hybridized carbons (Fsp3) is 1.00. The maximum atomic E-state index is 3.69. The van der Waals surface area contributed by atoms with Gasteiger partial charge in [-0.15, -0.1) is 0 Å². The Morgan fingerprint density at radius 2 is 1.62 bits per heavy atom. The molecule has 2 heteroatoms. The van der Waals surface area contributed by atoms with Crippen LogP contribution in [0, 0.1) is 5.92 Å². The molecule has 0 saturated heterocycles. The van der Waals surface area contributed by atoms with Crippen molar-refractivity contribution < 1.29 is 0 Å². The summed E-state index contributed by atoms with van der Waals surface area (Å²) in [5.41, 5.74) is 0. The fourth-order valence-electron chi connectivity index (χ4n) is 1.92. The van der Waals surface area contributed by atoms with Gasteiger partial charge in [-0.05, 0) is 33.0 Å². The van der Waals surface area contributed by atoms with E-state index in [2.05, 4.69) is 45.1 Å². The molecule has 0 aromatic carbocycles. The van der Waals surface area contributed by atoms with E-state index in [1.165, 1.54) is 38.6 Å². The SMILES string of the molecule is CCCCCCCNC(CN(C)C)C(C)C. The number of rotatable bonds is 10. The van der Waals surface area contributed by atoms with Gasteiger partial charge in [-0.25, -0.2) is 0 Å². The highest BCUT2D eigenvalue weighted by molar-refractivity contribution is 4.72. The summed E-state index contributed by atoms with van der Waals surface area (Å²) in [6, 6.07) is 0.640. The van der Waals surface area contributed by atoms with Gasteiger partial charge in [-0.3, -0.25) is 0 Å². The molecule has 0 bridgehead atoms. The monoisotopic (exact) mass is 228 g/mol. The molecule has 0 aromatic heterocycles. The van der Waals surface area contributed by atoms with Crippen molar-refractivity contribution in [3.8, 4) is 0 Å². The van der Waals surface area contributed by atoms with Crippen LogP contribution in [-0.2, 0) is 0 Å². The van der Waals surface area contributed by atoms with Crippen molar-refractivity contribution in [1.29, 1.82) is 0 Å². The molecule has 0 spiro atoms. The molecule has 0 saturated carbocycles. The van der Waals surface area contributed by atoms with E-state index in [0.29, 0.717) is 6.04 Å². The summed E-state index contributed by atoms with van der Waals surface area (Å²) >= 11 is 0. The van der Waals surface area contributed by atoms with Gasteiger partial charge in [0.2, 0.25) is 0 Å². The van der Waals surface area contributed by atoms with Gasteiger partial charge in [0.1, 0.15) is 0 Å². The van der Waals surface area contributed by atoms with Crippen LogP contribution >= 0.6 is 0 Å². The lowest BCUT2D eigenvalue weighted by atomic mass is 10.0. The highest BCUT2D eigenvalue weighted by atomic mass is 15.1. The number of nitrogens with one attached hydrogen (secondary N) is 1. The van der Waals surface area contributed by atoms with Gasteiger partial charge in [0.15, 0.2) is 0 Å². The van der Waals surface area contributed by atoms with E-state index < -0.39 is 0 Å². The largest absolute Gasteiger partial charge is 0.312 e. The molecule has 0 aliphatic carbocycles. The molecular formula is C14H32N2. The van der Waals surface area contributed by atoms with Crippen molar-refractivity contribution in [2.45, 2.75) is 58.9 Å². The van der Waals surface area contributed by atoms with E-state index in [1.54, 1.807) is 0 Å². The van der Waals surface area contributed by atoms with Crippen LogP contribution in [0.5, 0.6) is 0 Å². The van der Waals surface area contributed by atoms with Gasteiger partial charge in [0.05, 0.1) is 0 Å². The Labute approximate surface area is 103 Å². The summed E-state index contributed by atoms with van der Waals surface area (Å²) in [6.07, 6.45) is 6.84. The zero-order valence-corrected chi connectivity index (χ0v) is 12.1. The minimum Gasteiger partial charge on any atom is -0.312 e. The van der Waals surface area contributed by atoms with Crippen molar-refractivity contribution in [3.05, 3.63) is 0 Å². The van der Waals surface area contributed by atoms with E-state index in [9.17, 15) is 0 Å². The lowest BCUT2D eigenvalue weighted by molar-refractivity contribution is 0.288. The molecule has 0 fully saturated rings. The maximum Gasteiger partial charge on any atom is 0.0217 e. The first-order valence-electron chi connectivity index (χ1n) is 6.96. The van der Waals surface area contributed by atoms with Crippen molar-refractivity contribution in [1.82, 2.24) is 10.2 Å². The number of likely N-dealkylation sites (N-methyl/N-ethyl adjacent to an activating group) is 1. The minimum atomic E-state index is 0.640. The summed E-state index contributed by atoms with van der Waals surface area (Å²) in [5.74, 6) is 0.720.